The number of hydrogen-bond donors (Lipinski definition) is 1. The number of ether oxygens (including phenoxy) is 1. The Kier molecular flexibility index (Phi) is 3.34. The molecule has 0 saturated carbocycles. The van der Waals surface area contributed by atoms with Gasteiger partial charge in [-0.25, -0.2) is 9.78 Å². The van der Waals surface area contributed by atoms with Crippen LogP contribution in [0.2, 0.25) is 0 Å². The van der Waals surface area contributed by atoms with Crippen molar-refractivity contribution in [3.8, 4) is 5.88 Å². The predicted octanol–water partition coefficient (Wildman–Crippen LogP) is 1.16. The molecule has 1 saturated heterocycles. The van der Waals surface area contributed by atoms with E-state index in [4.69, 9.17) is 4.74 Å². The number of imidazole rings is 1. The number of nitrogens with zero attached hydrogens (tertiary/aromatic N) is 3. The molecule has 1 N–H and O–H groups in total. The van der Waals surface area contributed by atoms with Crippen LogP contribution in [-0.4, -0.2) is 44.5 Å². The lowest BCUT2D eigenvalue weighted by Crippen LogP contribution is -2.56. The summed E-state index contributed by atoms with van der Waals surface area (Å²) in [6.45, 7) is 1.05. The third-order valence-electron chi connectivity index (χ3n) is 4.21. The number of amides is 1. The lowest BCUT2D eigenvalue weighted by molar-refractivity contribution is 0.0160. The molecule has 24 heavy (non-hydrogen) atoms. The van der Waals surface area contributed by atoms with Crippen LogP contribution in [0.25, 0.3) is 11.0 Å². The fraction of sp³-hybridized carbons (Fsp3) is 0.235. The predicted molar refractivity (Wildman–Crippen MR) is 88.1 cm³/mol. The van der Waals surface area contributed by atoms with Crippen LogP contribution in [0.15, 0.2) is 47.4 Å². The maximum Gasteiger partial charge on any atom is 0.326 e. The van der Waals surface area contributed by atoms with E-state index >= 15 is 0 Å². The van der Waals surface area contributed by atoms with E-state index in [1.165, 1.54) is 4.57 Å². The van der Waals surface area contributed by atoms with E-state index in [0.29, 0.717) is 30.0 Å². The van der Waals surface area contributed by atoms with E-state index in [1.54, 1.807) is 42.4 Å². The number of nitrogens with one attached hydrogen (secondary N) is 1. The minimum absolute atomic E-state index is 0.0379. The summed E-state index contributed by atoms with van der Waals surface area (Å²) in [4.78, 5) is 32.7. The summed E-state index contributed by atoms with van der Waals surface area (Å²) in [5.74, 6) is 0.500. The standard InChI is InChI=1S/C17H16N4O3/c1-20-14-6-5-11(8-13(14)19-17(20)23)16(22)21-9-12(10-21)24-15-4-2-3-7-18-15/h2-8,12H,9-10H2,1H3,(H,19,23). The summed E-state index contributed by atoms with van der Waals surface area (Å²) in [6, 6.07) is 10.7. The van der Waals surface area contributed by atoms with Gasteiger partial charge >= 0.3 is 5.69 Å². The molecular formula is C17H16N4O3. The number of carbonyl (C=O) groups is 1. The molecule has 2 aromatic heterocycles. The van der Waals surface area contributed by atoms with Crippen LogP contribution in [-0.2, 0) is 7.05 Å². The molecule has 1 amide bonds. The second-order valence-corrected chi connectivity index (χ2v) is 5.84. The number of benzene rings is 1. The molecule has 122 valence electrons. The van der Waals surface area contributed by atoms with Crippen LogP contribution < -0.4 is 10.4 Å². The van der Waals surface area contributed by atoms with Gasteiger partial charge in [0.1, 0.15) is 6.10 Å². The van der Waals surface area contributed by atoms with Crippen molar-refractivity contribution in [2.24, 2.45) is 7.05 Å². The lowest BCUT2D eigenvalue weighted by Gasteiger charge is -2.38. The highest BCUT2D eigenvalue weighted by molar-refractivity contribution is 5.97. The van der Waals surface area contributed by atoms with E-state index in [-0.39, 0.29) is 17.7 Å². The van der Waals surface area contributed by atoms with Gasteiger partial charge in [-0.3, -0.25) is 9.36 Å². The topological polar surface area (TPSA) is 80.2 Å². The largest absolute Gasteiger partial charge is 0.471 e. The van der Waals surface area contributed by atoms with Crippen LogP contribution >= 0.6 is 0 Å². The van der Waals surface area contributed by atoms with Gasteiger partial charge in [0.05, 0.1) is 24.1 Å². The molecule has 0 spiro atoms. The van der Waals surface area contributed by atoms with Crippen molar-refractivity contribution >= 4 is 16.9 Å². The Morgan fingerprint density at radius 1 is 1.29 bits per heavy atom. The van der Waals surface area contributed by atoms with Gasteiger partial charge in [0.2, 0.25) is 5.88 Å². The molecule has 1 aliphatic rings. The van der Waals surface area contributed by atoms with Crippen LogP contribution in [0.3, 0.4) is 0 Å². The van der Waals surface area contributed by atoms with E-state index < -0.39 is 0 Å². The zero-order valence-electron chi connectivity index (χ0n) is 13.1. The molecule has 0 radical (unpaired) electrons. The summed E-state index contributed by atoms with van der Waals surface area (Å²) in [7, 11) is 1.69. The smallest absolute Gasteiger partial charge is 0.326 e. The van der Waals surface area contributed by atoms with Crippen LogP contribution in [0.4, 0.5) is 0 Å². The van der Waals surface area contributed by atoms with Gasteiger partial charge in [-0.05, 0) is 24.3 Å². The summed E-state index contributed by atoms with van der Waals surface area (Å²) >= 11 is 0. The number of rotatable bonds is 3. The van der Waals surface area contributed by atoms with Gasteiger partial charge < -0.3 is 14.6 Å². The molecule has 7 nitrogen and oxygen atoms in total. The Labute approximate surface area is 137 Å². The molecule has 3 aromatic rings. The van der Waals surface area contributed by atoms with E-state index in [1.807, 2.05) is 12.1 Å². The van der Waals surface area contributed by atoms with Gasteiger partial charge in [0.15, 0.2) is 0 Å². The Hall–Kier alpha value is -3.09. The Balaban J connectivity index is 1.45. The van der Waals surface area contributed by atoms with Gasteiger partial charge in [0, 0.05) is 24.9 Å². The zero-order valence-corrected chi connectivity index (χ0v) is 13.1. The third kappa shape index (κ3) is 2.44. The number of aromatic amines is 1. The Morgan fingerprint density at radius 3 is 2.88 bits per heavy atom. The SMILES string of the molecule is Cn1c(=O)[nH]c2cc(C(=O)N3CC(Oc4ccccn4)C3)ccc21. The van der Waals surface area contributed by atoms with Crippen molar-refractivity contribution in [2.75, 3.05) is 13.1 Å². The monoisotopic (exact) mass is 324 g/mol. The first-order valence-corrected chi connectivity index (χ1v) is 7.67. The minimum atomic E-state index is -0.192. The fourth-order valence-corrected chi connectivity index (χ4v) is 2.82. The first-order valence-electron chi connectivity index (χ1n) is 7.67. The van der Waals surface area contributed by atoms with Crippen molar-refractivity contribution in [2.45, 2.75) is 6.10 Å². The molecule has 3 heterocycles. The number of pyridine rings is 1. The first kappa shape index (κ1) is 14.5. The third-order valence-corrected chi connectivity index (χ3v) is 4.21. The highest BCUT2D eigenvalue weighted by Crippen LogP contribution is 2.20. The molecule has 0 aliphatic carbocycles. The molecule has 4 rings (SSSR count). The molecule has 1 fully saturated rings. The molecular weight excluding hydrogens is 308 g/mol. The van der Waals surface area contributed by atoms with E-state index in [2.05, 4.69) is 9.97 Å². The average Bonchev–Trinajstić information content (AvgIpc) is 2.85. The van der Waals surface area contributed by atoms with Crippen LogP contribution in [0.1, 0.15) is 10.4 Å². The van der Waals surface area contributed by atoms with Gasteiger partial charge in [-0.2, -0.15) is 0 Å². The summed E-state index contributed by atoms with van der Waals surface area (Å²) < 4.78 is 7.22. The van der Waals surface area contributed by atoms with Crippen LogP contribution in [0.5, 0.6) is 5.88 Å². The molecule has 7 heteroatoms. The fourth-order valence-electron chi connectivity index (χ4n) is 2.82. The summed E-state index contributed by atoms with van der Waals surface area (Å²) in [5, 5.41) is 0. The second kappa shape index (κ2) is 5.52. The number of aromatic nitrogens is 3. The molecule has 0 atom stereocenters. The molecule has 1 aliphatic heterocycles. The maximum atomic E-state index is 12.5. The lowest BCUT2D eigenvalue weighted by atomic mass is 10.1. The molecule has 1 aromatic carbocycles. The highest BCUT2D eigenvalue weighted by Gasteiger charge is 2.33. The number of carbonyl (C=O) groups excluding carboxylic acids is 1. The normalized spacial score (nSPS) is 14.6. The maximum absolute atomic E-state index is 12.5. The van der Waals surface area contributed by atoms with E-state index in [9.17, 15) is 9.59 Å². The van der Waals surface area contributed by atoms with Crippen molar-refractivity contribution in [1.29, 1.82) is 0 Å². The number of likely N-dealkylation sites (tertiary alicyclic amines) is 1. The minimum Gasteiger partial charge on any atom is -0.471 e. The highest BCUT2D eigenvalue weighted by atomic mass is 16.5. The number of fused-ring (bicyclic) bond motifs is 1. The van der Waals surface area contributed by atoms with Crippen molar-refractivity contribution < 1.29 is 9.53 Å². The summed E-state index contributed by atoms with van der Waals surface area (Å²) in [6.07, 6.45) is 1.64. The van der Waals surface area contributed by atoms with Crippen LogP contribution in [0, 0.1) is 0 Å². The van der Waals surface area contributed by atoms with Gasteiger partial charge in [0.25, 0.3) is 5.91 Å². The zero-order chi connectivity index (χ0) is 16.7. The first-order chi connectivity index (χ1) is 11.6. The molecule has 0 unspecified atom stereocenters. The van der Waals surface area contributed by atoms with Gasteiger partial charge in [-0.1, -0.05) is 6.07 Å². The van der Waals surface area contributed by atoms with Crippen molar-refractivity contribution in [1.82, 2.24) is 19.4 Å². The Morgan fingerprint density at radius 2 is 2.12 bits per heavy atom. The number of aryl methyl sites for hydroxylation is 1. The summed E-state index contributed by atoms with van der Waals surface area (Å²) in [5.41, 5.74) is 1.80. The van der Waals surface area contributed by atoms with Crippen molar-refractivity contribution in [3.63, 3.8) is 0 Å². The second-order valence-electron chi connectivity index (χ2n) is 5.84. The van der Waals surface area contributed by atoms with Crippen molar-refractivity contribution in [3.05, 3.63) is 58.6 Å². The quantitative estimate of drug-likeness (QED) is 0.784. The Bertz CT molecular complexity index is 955. The number of H-pyrrole nitrogens is 1. The average molecular weight is 324 g/mol. The van der Waals surface area contributed by atoms with Gasteiger partial charge in [-0.15, -0.1) is 0 Å². The van der Waals surface area contributed by atoms with E-state index in [0.717, 1.165) is 5.52 Å². The molecule has 0 bridgehead atoms. The number of hydrogen-bond acceptors (Lipinski definition) is 4.